The largest absolute Gasteiger partial charge is 0.496 e. The Balaban J connectivity index is 3.09. The maximum Gasteiger partial charge on any atom is 0.122 e. The molecule has 0 radical (unpaired) electrons. The molecule has 1 aromatic carbocycles. The SMILES string of the molecule is COc1cc(C)c(C(C)(N)CCCO)cc1C. The summed E-state index contributed by atoms with van der Waals surface area (Å²) in [6, 6.07) is 4.11. The average Bonchev–Trinajstić information content (AvgIpc) is 2.28. The van der Waals surface area contributed by atoms with Crippen LogP contribution >= 0.6 is 0 Å². The van der Waals surface area contributed by atoms with Gasteiger partial charge >= 0.3 is 0 Å². The lowest BCUT2D eigenvalue weighted by Gasteiger charge is -2.28. The van der Waals surface area contributed by atoms with Gasteiger partial charge in [-0.15, -0.1) is 0 Å². The zero-order chi connectivity index (χ0) is 13.1. The van der Waals surface area contributed by atoms with Crippen LogP contribution in [-0.2, 0) is 5.54 Å². The highest BCUT2D eigenvalue weighted by Crippen LogP contribution is 2.31. The molecule has 0 bridgehead atoms. The minimum absolute atomic E-state index is 0.182. The second-order valence-corrected chi connectivity index (χ2v) is 4.88. The third-order valence-electron chi connectivity index (χ3n) is 3.21. The van der Waals surface area contributed by atoms with E-state index >= 15 is 0 Å². The summed E-state index contributed by atoms with van der Waals surface area (Å²) in [6.45, 7) is 6.25. The van der Waals surface area contributed by atoms with Crippen molar-refractivity contribution in [2.24, 2.45) is 5.73 Å². The fraction of sp³-hybridized carbons (Fsp3) is 0.571. The van der Waals surface area contributed by atoms with Crippen LogP contribution in [0.1, 0.15) is 36.5 Å². The van der Waals surface area contributed by atoms with E-state index in [1.165, 1.54) is 0 Å². The number of aliphatic hydroxyl groups excluding tert-OH is 1. The summed E-state index contributed by atoms with van der Waals surface area (Å²) in [7, 11) is 1.68. The highest BCUT2D eigenvalue weighted by Gasteiger charge is 2.23. The standard InChI is InChI=1S/C14H23NO2/c1-10-9-13(17-4)11(2)8-12(10)14(3,15)6-5-7-16/h8-9,16H,5-7,15H2,1-4H3. The molecule has 17 heavy (non-hydrogen) atoms. The lowest BCUT2D eigenvalue weighted by atomic mass is 9.84. The predicted octanol–water partition coefficient (Wildman–Crippen LogP) is 2.26. The van der Waals surface area contributed by atoms with Crippen molar-refractivity contribution in [2.45, 2.75) is 39.2 Å². The van der Waals surface area contributed by atoms with E-state index in [1.54, 1.807) is 7.11 Å². The summed E-state index contributed by atoms with van der Waals surface area (Å²) in [6.07, 6.45) is 1.49. The molecule has 1 atom stereocenters. The highest BCUT2D eigenvalue weighted by molar-refractivity contribution is 5.44. The fourth-order valence-electron chi connectivity index (χ4n) is 2.21. The van der Waals surface area contributed by atoms with Gasteiger partial charge in [-0.3, -0.25) is 0 Å². The summed E-state index contributed by atoms with van der Waals surface area (Å²) in [5.41, 5.74) is 9.29. The first-order valence-electron chi connectivity index (χ1n) is 5.98. The van der Waals surface area contributed by atoms with Crippen LogP contribution in [0.2, 0.25) is 0 Å². The Hall–Kier alpha value is -1.06. The lowest BCUT2D eigenvalue weighted by molar-refractivity contribution is 0.265. The molecule has 0 aliphatic heterocycles. The average molecular weight is 237 g/mol. The first-order chi connectivity index (χ1) is 7.92. The molecule has 1 unspecified atom stereocenters. The normalized spacial score (nSPS) is 14.5. The summed E-state index contributed by atoms with van der Waals surface area (Å²) in [5.74, 6) is 0.893. The van der Waals surface area contributed by atoms with Crippen LogP contribution < -0.4 is 10.5 Å². The Kier molecular flexibility index (Phi) is 4.54. The van der Waals surface area contributed by atoms with Crippen molar-refractivity contribution in [3.63, 3.8) is 0 Å². The second kappa shape index (κ2) is 5.52. The summed E-state index contributed by atoms with van der Waals surface area (Å²) >= 11 is 0. The van der Waals surface area contributed by atoms with Crippen molar-refractivity contribution in [2.75, 3.05) is 13.7 Å². The Morgan fingerprint density at radius 1 is 1.29 bits per heavy atom. The fourth-order valence-corrected chi connectivity index (χ4v) is 2.21. The molecule has 0 aliphatic carbocycles. The van der Waals surface area contributed by atoms with Crippen LogP contribution in [0.15, 0.2) is 12.1 Å². The number of hydrogen-bond acceptors (Lipinski definition) is 3. The third-order valence-corrected chi connectivity index (χ3v) is 3.21. The first-order valence-corrected chi connectivity index (χ1v) is 5.98. The maximum absolute atomic E-state index is 8.91. The molecular weight excluding hydrogens is 214 g/mol. The number of aryl methyl sites for hydroxylation is 2. The van der Waals surface area contributed by atoms with Crippen molar-refractivity contribution in [1.82, 2.24) is 0 Å². The lowest BCUT2D eigenvalue weighted by Crippen LogP contribution is -2.34. The first kappa shape index (κ1) is 14.0. The van der Waals surface area contributed by atoms with Crippen LogP contribution in [0, 0.1) is 13.8 Å². The van der Waals surface area contributed by atoms with Gasteiger partial charge < -0.3 is 15.6 Å². The maximum atomic E-state index is 8.91. The second-order valence-electron chi connectivity index (χ2n) is 4.88. The molecule has 1 rings (SSSR count). The minimum atomic E-state index is -0.399. The number of aliphatic hydroxyl groups is 1. The van der Waals surface area contributed by atoms with Gasteiger partial charge in [0.15, 0.2) is 0 Å². The topological polar surface area (TPSA) is 55.5 Å². The molecule has 0 aliphatic rings. The number of methoxy groups -OCH3 is 1. The number of nitrogens with two attached hydrogens (primary N) is 1. The van der Waals surface area contributed by atoms with E-state index in [9.17, 15) is 0 Å². The van der Waals surface area contributed by atoms with Gasteiger partial charge in [0.05, 0.1) is 7.11 Å². The Morgan fingerprint density at radius 2 is 1.94 bits per heavy atom. The summed E-state index contributed by atoms with van der Waals surface area (Å²) in [5, 5.41) is 8.91. The van der Waals surface area contributed by atoms with E-state index in [4.69, 9.17) is 15.6 Å². The number of ether oxygens (including phenoxy) is 1. The number of rotatable bonds is 5. The van der Waals surface area contributed by atoms with Crippen LogP contribution in [0.4, 0.5) is 0 Å². The van der Waals surface area contributed by atoms with Crippen LogP contribution in [0.3, 0.4) is 0 Å². The van der Waals surface area contributed by atoms with Crippen molar-refractivity contribution < 1.29 is 9.84 Å². The van der Waals surface area contributed by atoms with Crippen molar-refractivity contribution in [3.8, 4) is 5.75 Å². The molecule has 0 aromatic heterocycles. The van der Waals surface area contributed by atoms with Gasteiger partial charge in [0, 0.05) is 12.1 Å². The molecule has 0 amide bonds. The smallest absolute Gasteiger partial charge is 0.122 e. The molecule has 0 saturated carbocycles. The van der Waals surface area contributed by atoms with E-state index in [-0.39, 0.29) is 6.61 Å². The van der Waals surface area contributed by atoms with E-state index in [0.29, 0.717) is 0 Å². The van der Waals surface area contributed by atoms with Crippen molar-refractivity contribution >= 4 is 0 Å². The molecule has 96 valence electrons. The number of hydrogen-bond donors (Lipinski definition) is 2. The third kappa shape index (κ3) is 3.20. The summed E-state index contributed by atoms with van der Waals surface area (Å²) < 4.78 is 5.29. The molecule has 0 saturated heterocycles. The molecule has 0 spiro atoms. The monoisotopic (exact) mass is 237 g/mol. The van der Waals surface area contributed by atoms with E-state index in [0.717, 1.165) is 35.3 Å². The Bertz CT molecular complexity index is 386. The molecule has 3 heteroatoms. The van der Waals surface area contributed by atoms with Gasteiger partial charge in [0.25, 0.3) is 0 Å². The zero-order valence-electron chi connectivity index (χ0n) is 11.2. The zero-order valence-corrected chi connectivity index (χ0v) is 11.2. The van der Waals surface area contributed by atoms with Crippen LogP contribution in [0.25, 0.3) is 0 Å². The van der Waals surface area contributed by atoms with E-state index < -0.39 is 5.54 Å². The van der Waals surface area contributed by atoms with E-state index in [1.807, 2.05) is 26.8 Å². The quantitative estimate of drug-likeness (QED) is 0.826. The van der Waals surface area contributed by atoms with Crippen molar-refractivity contribution in [3.05, 3.63) is 28.8 Å². The molecule has 3 N–H and O–H groups in total. The van der Waals surface area contributed by atoms with Gasteiger partial charge in [0.2, 0.25) is 0 Å². The Labute approximate surface area is 104 Å². The molecule has 3 nitrogen and oxygen atoms in total. The van der Waals surface area contributed by atoms with Crippen molar-refractivity contribution in [1.29, 1.82) is 0 Å². The molecule has 1 aromatic rings. The number of benzene rings is 1. The van der Waals surface area contributed by atoms with Gasteiger partial charge in [-0.1, -0.05) is 6.07 Å². The Morgan fingerprint density at radius 3 is 2.47 bits per heavy atom. The highest BCUT2D eigenvalue weighted by atomic mass is 16.5. The van der Waals surface area contributed by atoms with Crippen LogP contribution in [-0.4, -0.2) is 18.8 Å². The summed E-state index contributed by atoms with van der Waals surface area (Å²) in [4.78, 5) is 0. The molecule has 0 fully saturated rings. The van der Waals surface area contributed by atoms with Gasteiger partial charge in [0.1, 0.15) is 5.75 Å². The van der Waals surface area contributed by atoms with Crippen LogP contribution in [0.5, 0.6) is 5.75 Å². The predicted molar refractivity (Wildman–Crippen MR) is 70.3 cm³/mol. The van der Waals surface area contributed by atoms with Gasteiger partial charge in [-0.05, 0) is 56.4 Å². The minimum Gasteiger partial charge on any atom is -0.496 e. The van der Waals surface area contributed by atoms with Gasteiger partial charge in [-0.25, -0.2) is 0 Å². The molecule has 0 heterocycles. The van der Waals surface area contributed by atoms with Gasteiger partial charge in [-0.2, -0.15) is 0 Å². The molecular formula is C14H23NO2. The van der Waals surface area contributed by atoms with E-state index in [2.05, 4.69) is 6.07 Å².